The molecule has 0 aromatic carbocycles. The van der Waals surface area contributed by atoms with Crippen LogP contribution in [0, 0.1) is 13.8 Å². The first-order valence-corrected chi connectivity index (χ1v) is 7.38. The SMILES string of the molecule is COCC(C)N(C)S(=O)(=O)c1c(C)oc(C)c1C(=O)O. The van der Waals surface area contributed by atoms with Gasteiger partial charge in [0.1, 0.15) is 22.0 Å². The maximum atomic E-state index is 12.6. The molecule has 114 valence electrons. The molecule has 0 amide bonds. The molecular formula is C12H19NO6S. The van der Waals surface area contributed by atoms with Crippen LogP contribution in [0.3, 0.4) is 0 Å². The fraction of sp³-hybridized carbons (Fsp3) is 0.583. The Hall–Kier alpha value is -1.38. The highest BCUT2D eigenvalue weighted by Gasteiger charge is 2.35. The summed E-state index contributed by atoms with van der Waals surface area (Å²) < 4.78 is 36.3. The van der Waals surface area contributed by atoms with E-state index in [2.05, 4.69) is 0 Å². The molecule has 0 radical (unpaired) electrons. The van der Waals surface area contributed by atoms with Gasteiger partial charge in [0, 0.05) is 20.2 Å². The molecule has 1 aromatic rings. The van der Waals surface area contributed by atoms with Gasteiger partial charge in [-0.1, -0.05) is 0 Å². The molecule has 20 heavy (non-hydrogen) atoms. The van der Waals surface area contributed by atoms with Gasteiger partial charge in [0.05, 0.1) is 6.61 Å². The highest BCUT2D eigenvalue weighted by atomic mass is 32.2. The monoisotopic (exact) mass is 305 g/mol. The smallest absolute Gasteiger partial charge is 0.340 e. The van der Waals surface area contributed by atoms with Gasteiger partial charge in [0.25, 0.3) is 0 Å². The minimum atomic E-state index is -3.97. The van der Waals surface area contributed by atoms with Crippen molar-refractivity contribution in [2.45, 2.75) is 31.7 Å². The lowest BCUT2D eigenvalue weighted by Crippen LogP contribution is -2.38. The van der Waals surface area contributed by atoms with Gasteiger partial charge in [-0.3, -0.25) is 0 Å². The van der Waals surface area contributed by atoms with Gasteiger partial charge in [-0.25, -0.2) is 13.2 Å². The molecule has 1 heterocycles. The average Bonchev–Trinajstić information content (AvgIpc) is 2.64. The number of sulfonamides is 1. The van der Waals surface area contributed by atoms with Crippen molar-refractivity contribution in [3.63, 3.8) is 0 Å². The molecule has 0 aliphatic carbocycles. The van der Waals surface area contributed by atoms with Gasteiger partial charge in [0.2, 0.25) is 10.0 Å². The highest BCUT2D eigenvalue weighted by molar-refractivity contribution is 7.89. The van der Waals surface area contributed by atoms with Crippen LogP contribution in [0.5, 0.6) is 0 Å². The summed E-state index contributed by atoms with van der Waals surface area (Å²) in [6.45, 7) is 4.73. The van der Waals surface area contributed by atoms with Gasteiger partial charge in [-0.15, -0.1) is 0 Å². The number of hydrogen-bond donors (Lipinski definition) is 1. The van der Waals surface area contributed by atoms with Crippen LogP contribution in [0.4, 0.5) is 0 Å². The number of nitrogens with zero attached hydrogens (tertiary/aromatic N) is 1. The number of rotatable bonds is 6. The van der Waals surface area contributed by atoms with Crippen molar-refractivity contribution in [2.75, 3.05) is 20.8 Å². The average molecular weight is 305 g/mol. The van der Waals surface area contributed by atoms with E-state index in [0.29, 0.717) is 0 Å². The molecule has 7 nitrogen and oxygen atoms in total. The number of aryl methyl sites for hydroxylation is 2. The first kappa shape index (κ1) is 16.7. The van der Waals surface area contributed by atoms with Gasteiger partial charge in [-0.05, 0) is 20.8 Å². The van der Waals surface area contributed by atoms with E-state index in [0.717, 1.165) is 4.31 Å². The molecule has 0 aliphatic rings. The molecule has 1 atom stereocenters. The Bertz CT molecular complexity index is 604. The summed E-state index contributed by atoms with van der Waals surface area (Å²) in [5.74, 6) is -1.19. The fourth-order valence-electron chi connectivity index (χ4n) is 1.95. The van der Waals surface area contributed by atoms with E-state index in [9.17, 15) is 18.3 Å². The van der Waals surface area contributed by atoms with Crippen LogP contribution in [0.2, 0.25) is 0 Å². The molecule has 1 rings (SSSR count). The maximum Gasteiger partial charge on any atom is 0.340 e. The van der Waals surface area contributed by atoms with E-state index >= 15 is 0 Å². The Morgan fingerprint density at radius 2 is 1.95 bits per heavy atom. The number of carbonyl (C=O) groups is 1. The number of hydrogen-bond acceptors (Lipinski definition) is 5. The summed E-state index contributed by atoms with van der Waals surface area (Å²) in [6, 6.07) is -0.429. The zero-order valence-electron chi connectivity index (χ0n) is 12.1. The lowest BCUT2D eigenvalue weighted by molar-refractivity contribution is 0.0691. The van der Waals surface area contributed by atoms with Crippen molar-refractivity contribution in [2.24, 2.45) is 0 Å². The molecule has 1 aromatic heterocycles. The third-order valence-electron chi connectivity index (χ3n) is 3.08. The van der Waals surface area contributed by atoms with Gasteiger partial charge < -0.3 is 14.3 Å². The molecule has 0 saturated carbocycles. The van der Waals surface area contributed by atoms with Gasteiger partial charge >= 0.3 is 5.97 Å². The van der Waals surface area contributed by atoms with Crippen LogP contribution in [0.25, 0.3) is 0 Å². The Balaban J connectivity index is 3.40. The lowest BCUT2D eigenvalue weighted by atomic mass is 10.2. The number of methoxy groups -OCH3 is 1. The number of aromatic carboxylic acids is 1. The fourth-order valence-corrected chi connectivity index (χ4v) is 3.66. The van der Waals surface area contributed by atoms with Crippen molar-refractivity contribution in [3.8, 4) is 0 Å². The first-order chi connectivity index (χ1) is 9.14. The number of carboxylic acid groups (broad SMARTS) is 1. The summed E-state index contributed by atoms with van der Waals surface area (Å²) in [7, 11) is -1.12. The molecule has 1 unspecified atom stereocenters. The van der Waals surface area contributed by atoms with E-state index < -0.39 is 22.0 Å². The minimum absolute atomic E-state index is 0.0661. The van der Waals surface area contributed by atoms with Crippen LogP contribution in [0.15, 0.2) is 9.31 Å². The second-order valence-electron chi connectivity index (χ2n) is 4.55. The Kier molecular flexibility index (Phi) is 4.95. The van der Waals surface area contributed by atoms with Crippen LogP contribution < -0.4 is 0 Å². The largest absolute Gasteiger partial charge is 0.478 e. The number of carboxylic acids is 1. The second kappa shape index (κ2) is 5.94. The lowest BCUT2D eigenvalue weighted by Gasteiger charge is -2.23. The Morgan fingerprint density at radius 1 is 1.40 bits per heavy atom. The van der Waals surface area contributed by atoms with Crippen molar-refractivity contribution in [1.29, 1.82) is 0 Å². The molecule has 0 saturated heterocycles. The van der Waals surface area contributed by atoms with Crippen LogP contribution >= 0.6 is 0 Å². The third-order valence-corrected chi connectivity index (χ3v) is 5.21. The zero-order chi connectivity index (χ0) is 15.7. The number of ether oxygens (including phenoxy) is 1. The van der Waals surface area contributed by atoms with Crippen molar-refractivity contribution < 1.29 is 27.5 Å². The molecule has 0 aliphatic heterocycles. The van der Waals surface area contributed by atoms with Crippen LogP contribution in [-0.4, -0.2) is 50.6 Å². The summed E-state index contributed by atoms with van der Waals surface area (Å²) in [5, 5.41) is 9.18. The quantitative estimate of drug-likeness (QED) is 0.849. The molecule has 1 N–H and O–H groups in total. The molecular weight excluding hydrogens is 286 g/mol. The predicted octanol–water partition coefficient (Wildman–Crippen LogP) is 1.25. The second-order valence-corrected chi connectivity index (χ2v) is 6.48. The first-order valence-electron chi connectivity index (χ1n) is 5.94. The minimum Gasteiger partial charge on any atom is -0.478 e. The number of likely N-dealkylation sites (N-methyl/N-ethyl adjacent to an activating group) is 1. The third kappa shape index (κ3) is 2.87. The topological polar surface area (TPSA) is 97.0 Å². The van der Waals surface area contributed by atoms with E-state index in [4.69, 9.17) is 9.15 Å². The maximum absolute atomic E-state index is 12.6. The van der Waals surface area contributed by atoms with E-state index in [1.807, 2.05) is 0 Å². The highest BCUT2D eigenvalue weighted by Crippen LogP contribution is 2.29. The summed E-state index contributed by atoms with van der Waals surface area (Å²) in [4.78, 5) is 11.0. The van der Waals surface area contributed by atoms with Gasteiger partial charge in [-0.2, -0.15) is 4.31 Å². The van der Waals surface area contributed by atoms with Crippen LogP contribution in [-0.2, 0) is 14.8 Å². The number of furan rings is 1. The van der Waals surface area contributed by atoms with E-state index in [-0.39, 0.29) is 28.6 Å². The molecule has 0 bridgehead atoms. The van der Waals surface area contributed by atoms with Crippen molar-refractivity contribution in [3.05, 3.63) is 17.1 Å². The van der Waals surface area contributed by atoms with Crippen molar-refractivity contribution in [1.82, 2.24) is 4.31 Å². The normalized spacial score (nSPS) is 13.7. The standard InChI is InChI=1S/C12H19NO6S/c1-7(6-18-5)13(4)20(16,17)11-9(3)19-8(2)10(11)12(14)15/h7H,6H2,1-5H3,(H,14,15). The van der Waals surface area contributed by atoms with Crippen molar-refractivity contribution >= 4 is 16.0 Å². The van der Waals surface area contributed by atoms with Gasteiger partial charge in [0.15, 0.2) is 0 Å². The zero-order valence-corrected chi connectivity index (χ0v) is 12.9. The summed E-state index contributed by atoms with van der Waals surface area (Å²) in [6.07, 6.45) is 0. The van der Waals surface area contributed by atoms with Crippen LogP contribution in [0.1, 0.15) is 28.8 Å². The molecule has 0 spiro atoms. The Labute approximate surface area is 118 Å². The Morgan fingerprint density at radius 3 is 2.40 bits per heavy atom. The predicted molar refractivity (Wildman–Crippen MR) is 71.4 cm³/mol. The van der Waals surface area contributed by atoms with E-state index in [1.54, 1.807) is 6.92 Å². The molecule has 0 fully saturated rings. The summed E-state index contributed by atoms with van der Waals surface area (Å²) >= 11 is 0. The molecule has 8 heteroatoms. The van der Waals surface area contributed by atoms with E-state index in [1.165, 1.54) is 28.0 Å². The summed E-state index contributed by atoms with van der Waals surface area (Å²) in [5.41, 5.74) is -0.320.